The Morgan fingerprint density at radius 3 is 2.50 bits per heavy atom. The fourth-order valence-electron chi connectivity index (χ4n) is 1.38. The number of barbiturate groups is 1. The first kappa shape index (κ1) is 15.3. The quantitative estimate of drug-likeness (QED) is 0.402. The van der Waals surface area contributed by atoms with Crippen LogP contribution in [0.2, 0.25) is 0 Å². The van der Waals surface area contributed by atoms with Crippen LogP contribution in [-0.2, 0) is 19.2 Å². The van der Waals surface area contributed by atoms with Gasteiger partial charge in [-0.05, 0) is 0 Å². The average molecular weight is 285 g/mol. The molecule has 1 aliphatic heterocycles. The number of aliphatic imine (C=N–C) groups is 1. The molecule has 1 fully saturated rings. The number of nitrogens with one attached hydrogen (secondary N) is 1. The molecule has 1 aliphatic rings. The highest BCUT2D eigenvalue weighted by atomic mass is 16.4. The zero-order valence-corrected chi connectivity index (χ0v) is 10.3. The van der Waals surface area contributed by atoms with Crippen LogP contribution in [-0.4, -0.2) is 64.2 Å². The van der Waals surface area contributed by atoms with Crippen LogP contribution in [0.4, 0.5) is 4.79 Å². The Bertz CT molecular complexity index is 513. The van der Waals surface area contributed by atoms with Crippen LogP contribution in [0.15, 0.2) is 4.99 Å². The van der Waals surface area contributed by atoms with Crippen molar-refractivity contribution in [3.8, 4) is 0 Å². The van der Waals surface area contributed by atoms with E-state index < -0.39 is 48.2 Å². The summed E-state index contributed by atoms with van der Waals surface area (Å²) in [6.45, 7) is 0. The molecule has 0 aromatic carbocycles. The summed E-state index contributed by atoms with van der Waals surface area (Å²) in [7, 11) is 1.14. The first-order chi connectivity index (χ1) is 9.23. The van der Waals surface area contributed by atoms with Crippen molar-refractivity contribution >= 4 is 36.0 Å². The molecule has 0 aromatic heterocycles. The van der Waals surface area contributed by atoms with Gasteiger partial charge in [0.1, 0.15) is 0 Å². The van der Waals surface area contributed by atoms with Crippen LogP contribution in [0, 0.1) is 5.92 Å². The van der Waals surface area contributed by atoms with E-state index in [-0.39, 0.29) is 0 Å². The minimum Gasteiger partial charge on any atom is -0.481 e. The van der Waals surface area contributed by atoms with Crippen molar-refractivity contribution in [3.05, 3.63) is 0 Å². The first-order valence-corrected chi connectivity index (χ1v) is 5.34. The Morgan fingerprint density at radius 2 is 2.00 bits per heavy atom. The molecule has 108 valence electrons. The van der Waals surface area contributed by atoms with Gasteiger partial charge in [0.05, 0.1) is 6.42 Å². The first-order valence-electron chi connectivity index (χ1n) is 5.34. The van der Waals surface area contributed by atoms with Crippen molar-refractivity contribution in [2.24, 2.45) is 10.9 Å². The number of carboxylic acid groups (broad SMARTS) is 2. The van der Waals surface area contributed by atoms with Gasteiger partial charge in [-0.25, -0.2) is 9.59 Å². The van der Waals surface area contributed by atoms with Crippen molar-refractivity contribution in [2.45, 2.75) is 12.5 Å². The third kappa shape index (κ3) is 3.37. The van der Waals surface area contributed by atoms with Gasteiger partial charge < -0.3 is 10.2 Å². The van der Waals surface area contributed by atoms with Crippen LogP contribution in [0.25, 0.3) is 0 Å². The van der Waals surface area contributed by atoms with E-state index in [1.807, 2.05) is 5.32 Å². The number of urea groups is 1. The molecule has 4 amide bonds. The zero-order valence-electron chi connectivity index (χ0n) is 10.3. The molecule has 20 heavy (non-hydrogen) atoms. The summed E-state index contributed by atoms with van der Waals surface area (Å²) in [4.78, 5) is 59.5. The normalized spacial score (nSPS) is 20.9. The van der Waals surface area contributed by atoms with Gasteiger partial charge in [0.2, 0.25) is 11.8 Å². The second kappa shape index (κ2) is 5.91. The Kier molecular flexibility index (Phi) is 4.51. The van der Waals surface area contributed by atoms with Crippen LogP contribution in [0.5, 0.6) is 0 Å². The average Bonchev–Trinajstić information content (AvgIpc) is 2.33. The molecule has 10 nitrogen and oxygen atoms in total. The van der Waals surface area contributed by atoms with Gasteiger partial charge in [0.15, 0.2) is 12.0 Å². The summed E-state index contributed by atoms with van der Waals surface area (Å²) in [6.07, 6.45) is -0.0501. The molecule has 1 heterocycles. The van der Waals surface area contributed by atoms with Gasteiger partial charge in [-0.2, -0.15) is 0 Å². The van der Waals surface area contributed by atoms with Gasteiger partial charge in [-0.3, -0.25) is 29.6 Å². The summed E-state index contributed by atoms with van der Waals surface area (Å²) in [6, 6.07) is -2.51. The lowest BCUT2D eigenvalue weighted by molar-refractivity contribution is -0.144. The topological polar surface area (TPSA) is 153 Å². The van der Waals surface area contributed by atoms with E-state index in [2.05, 4.69) is 4.99 Å². The monoisotopic (exact) mass is 285 g/mol. The van der Waals surface area contributed by atoms with E-state index in [1.54, 1.807) is 0 Å². The van der Waals surface area contributed by atoms with Crippen molar-refractivity contribution in [1.82, 2.24) is 10.2 Å². The molecular weight excluding hydrogens is 274 g/mol. The van der Waals surface area contributed by atoms with Gasteiger partial charge in [-0.1, -0.05) is 0 Å². The van der Waals surface area contributed by atoms with E-state index in [9.17, 15) is 24.0 Å². The number of aliphatic carboxylic acids is 2. The molecule has 1 rings (SSSR count). The number of hydrogen-bond acceptors (Lipinski definition) is 6. The predicted octanol–water partition coefficient (Wildman–Crippen LogP) is -1.69. The highest BCUT2D eigenvalue weighted by molar-refractivity contribution is 6.23. The third-order valence-corrected chi connectivity index (χ3v) is 2.48. The lowest BCUT2D eigenvalue weighted by Gasteiger charge is -2.25. The molecule has 0 radical (unpaired) electrons. The second-order valence-corrected chi connectivity index (χ2v) is 3.92. The van der Waals surface area contributed by atoms with E-state index in [0.29, 0.717) is 4.90 Å². The SMILES string of the molecule is CN1C(=O)NC(=O)[C@H](C=N[C@@H](CC(=O)O)C(=O)O)C1=O. The summed E-state index contributed by atoms with van der Waals surface area (Å²) >= 11 is 0. The number of imide groups is 2. The van der Waals surface area contributed by atoms with Crippen molar-refractivity contribution in [1.29, 1.82) is 0 Å². The maximum absolute atomic E-state index is 11.6. The van der Waals surface area contributed by atoms with E-state index in [1.165, 1.54) is 0 Å². The van der Waals surface area contributed by atoms with Crippen LogP contribution < -0.4 is 5.32 Å². The summed E-state index contributed by atoms with van der Waals surface area (Å²) in [5, 5.41) is 19.1. The number of nitrogens with zero attached hydrogens (tertiary/aromatic N) is 2. The summed E-state index contributed by atoms with van der Waals surface area (Å²) < 4.78 is 0. The molecular formula is C10H11N3O7. The Morgan fingerprint density at radius 1 is 1.40 bits per heavy atom. The fourth-order valence-corrected chi connectivity index (χ4v) is 1.38. The van der Waals surface area contributed by atoms with Gasteiger partial charge in [0.25, 0.3) is 0 Å². The maximum Gasteiger partial charge on any atom is 0.330 e. The molecule has 0 bridgehead atoms. The molecule has 10 heteroatoms. The van der Waals surface area contributed by atoms with E-state index >= 15 is 0 Å². The Balaban J connectivity index is 2.88. The smallest absolute Gasteiger partial charge is 0.330 e. The molecule has 0 saturated carbocycles. The number of rotatable bonds is 5. The number of carbonyl (C=O) groups excluding carboxylic acids is 3. The number of hydrogen-bond donors (Lipinski definition) is 3. The van der Waals surface area contributed by atoms with Crippen molar-refractivity contribution < 1.29 is 34.2 Å². The van der Waals surface area contributed by atoms with Gasteiger partial charge in [-0.15, -0.1) is 0 Å². The second-order valence-electron chi connectivity index (χ2n) is 3.92. The maximum atomic E-state index is 11.6. The third-order valence-electron chi connectivity index (χ3n) is 2.48. The van der Waals surface area contributed by atoms with Crippen LogP contribution >= 0.6 is 0 Å². The highest BCUT2D eigenvalue weighted by Gasteiger charge is 2.37. The molecule has 2 atom stereocenters. The van der Waals surface area contributed by atoms with Crippen LogP contribution in [0.1, 0.15) is 6.42 Å². The van der Waals surface area contributed by atoms with Crippen molar-refractivity contribution in [3.63, 3.8) is 0 Å². The molecule has 0 aliphatic carbocycles. The zero-order chi connectivity index (χ0) is 15.4. The summed E-state index contributed by atoms with van der Waals surface area (Å²) in [5.74, 6) is -6.17. The number of amides is 4. The van der Waals surface area contributed by atoms with E-state index in [0.717, 1.165) is 13.3 Å². The Labute approximate surface area is 112 Å². The lowest BCUT2D eigenvalue weighted by Crippen LogP contribution is -2.56. The standard InChI is InChI=1S/C10H11N3O7/c1-13-8(17)4(7(16)12-10(13)20)3-11-5(9(18)19)2-6(14)15/h3-5H,2H2,1H3,(H,14,15)(H,18,19)(H,12,16,20)/t4-,5-/m0/s1. The Hall–Kier alpha value is -2.78. The molecule has 1 saturated heterocycles. The van der Waals surface area contributed by atoms with E-state index in [4.69, 9.17) is 10.2 Å². The van der Waals surface area contributed by atoms with Gasteiger partial charge >= 0.3 is 18.0 Å². The minimum absolute atomic E-state index is 0.644. The molecule has 0 aromatic rings. The fraction of sp³-hybridized carbons (Fsp3) is 0.400. The predicted molar refractivity (Wildman–Crippen MR) is 62.0 cm³/mol. The van der Waals surface area contributed by atoms with Crippen LogP contribution in [0.3, 0.4) is 0 Å². The number of carbonyl (C=O) groups is 5. The minimum atomic E-state index is -1.61. The molecule has 0 spiro atoms. The van der Waals surface area contributed by atoms with Crippen molar-refractivity contribution in [2.75, 3.05) is 7.05 Å². The number of carboxylic acids is 2. The largest absolute Gasteiger partial charge is 0.481 e. The lowest BCUT2D eigenvalue weighted by atomic mass is 10.1. The van der Waals surface area contributed by atoms with Gasteiger partial charge in [0, 0.05) is 13.3 Å². The highest BCUT2D eigenvalue weighted by Crippen LogP contribution is 2.08. The molecule has 0 unspecified atom stereocenters. The summed E-state index contributed by atoms with van der Waals surface area (Å²) in [5.41, 5.74) is 0. The molecule has 3 N–H and O–H groups in total.